The highest BCUT2D eigenvalue weighted by molar-refractivity contribution is 5.57. The van der Waals surface area contributed by atoms with E-state index in [4.69, 9.17) is 4.74 Å². The fourth-order valence-electron chi connectivity index (χ4n) is 1.67. The third-order valence-corrected chi connectivity index (χ3v) is 2.57. The summed E-state index contributed by atoms with van der Waals surface area (Å²) in [6.45, 7) is 7.01. The van der Waals surface area contributed by atoms with Gasteiger partial charge in [-0.15, -0.1) is 0 Å². The van der Waals surface area contributed by atoms with Crippen LogP contribution in [0.3, 0.4) is 0 Å². The fourth-order valence-corrected chi connectivity index (χ4v) is 1.67. The van der Waals surface area contributed by atoms with Crippen LogP contribution in [-0.4, -0.2) is 31.2 Å². The minimum absolute atomic E-state index is 0.0000460. The quantitative estimate of drug-likeness (QED) is 0.408. The zero-order valence-corrected chi connectivity index (χ0v) is 11.4. The molecule has 0 amide bonds. The number of nitrogens with one attached hydrogen (secondary N) is 2. The highest BCUT2D eigenvalue weighted by Gasteiger charge is 2.14. The van der Waals surface area contributed by atoms with Crippen LogP contribution in [0.25, 0.3) is 0 Å². The summed E-state index contributed by atoms with van der Waals surface area (Å²) < 4.78 is 5.29. The van der Waals surface area contributed by atoms with Crippen LogP contribution >= 0.6 is 0 Å². The molecular formula is C13H21N3O3. The maximum atomic E-state index is 10.8. The molecule has 0 aromatic heterocycles. The van der Waals surface area contributed by atoms with Gasteiger partial charge in [0.2, 0.25) is 0 Å². The topological polar surface area (TPSA) is 76.4 Å². The van der Waals surface area contributed by atoms with Crippen molar-refractivity contribution in [2.75, 3.05) is 31.6 Å². The Balaban J connectivity index is 2.59. The molecule has 0 saturated heterocycles. The van der Waals surface area contributed by atoms with Crippen molar-refractivity contribution in [1.29, 1.82) is 0 Å². The maximum Gasteiger partial charge on any atom is 0.311 e. The van der Waals surface area contributed by atoms with Gasteiger partial charge in [0.25, 0.3) is 0 Å². The smallest absolute Gasteiger partial charge is 0.311 e. The van der Waals surface area contributed by atoms with E-state index in [2.05, 4.69) is 17.6 Å². The van der Waals surface area contributed by atoms with Gasteiger partial charge in [-0.3, -0.25) is 10.1 Å². The van der Waals surface area contributed by atoms with Gasteiger partial charge >= 0.3 is 5.69 Å². The number of hydrogen-bond donors (Lipinski definition) is 2. The van der Waals surface area contributed by atoms with Gasteiger partial charge in [0.15, 0.2) is 5.75 Å². The lowest BCUT2D eigenvalue weighted by Gasteiger charge is -2.09. The first-order chi connectivity index (χ1) is 9.19. The summed E-state index contributed by atoms with van der Waals surface area (Å²) in [7, 11) is 0. The number of hydrogen-bond acceptors (Lipinski definition) is 5. The molecule has 0 heterocycles. The number of ether oxygens (including phenoxy) is 1. The lowest BCUT2D eigenvalue weighted by atomic mass is 10.2. The van der Waals surface area contributed by atoms with Crippen LogP contribution in [0, 0.1) is 10.1 Å². The minimum atomic E-state index is -0.431. The number of nitro benzene ring substituents is 1. The number of benzene rings is 1. The summed E-state index contributed by atoms with van der Waals surface area (Å²) in [5.74, 6) is 0.309. The molecule has 0 atom stereocenters. The Morgan fingerprint density at radius 1 is 1.32 bits per heavy atom. The zero-order chi connectivity index (χ0) is 14.1. The molecule has 6 nitrogen and oxygen atoms in total. The molecule has 106 valence electrons. The van der Waals surface area contributed by atoms with Crippen LogP contribution in [0.1, 0.15) is 20.3 Å². The Hall–Kier alpha value is -1.82. The molecule has 1 aromatic rings. The number of rotatable bonds is 9. The van der Waals surface area contributed by atoms with Crippen molar-refractivity contribution in [3.8, 4) is 5.75 Å². The molecule has 0 fully saturated rings. The van der Waals surface area contributed by atoms with Gasteiger partial charge in [0, 0.05) is 24.4 Å². The van der Waals surface area contributed by atoms with Gasteiger partial charge in [-0.1, -0.05) is 6.92 Å². The van der Waals surface area contributed by atoms with E-state index in [1.165, 1.54) is 6.07 Å². The lowest BCUT2D eigenvalue weighted by Crippen LogP contribution is -2.17. The predicted molar refractivity (Wildman–Crippen MR) is 75.9 cm³/mol. The van der Waals surface area contributed by atoms with Crippen molar-refractivity contribution >= 4 is 11.4 Å². The van der Waals surface area contributed by atoms with Gasteiger partial charge in [-0.2, -0.15) is 0 Å². The average molecular weight is 267 g/mol. The molecule has 0 aliphatic heterocycles. The Morgan fingerprint density at radius 2 is 2.11 bits per heavy atom. The van der Waals surface area contributed by atoms with Gasteiger partial charge in [0.1, 0.15) is 0 Å². The van der Waals surface area contributed by atoms with Crippen molar-refractivity contribution in [2.24, 2.45) is 0 Å². The van der Waals surface area contributed by atoms with Crippen LogP contribution in [-0.2, 0) is 0 Å². The zero-order valence-electron chi connectivity index (χ0n) is 11.4. The van der Waals surface area contributed by atoms with Gasteiger partial charge in [-0.05, 0) is 32.5 Å². The largest absolute Gasteiger partial charge is 0.487 e. The van der Waals surface area contributed by atoms with E-state index in [9.17, 15) is 10.1 Å². The van der Waals surface area contributed by atoms with Crippen molar-refractivity contribution in [2.45, 2.75) is 20.3 Å². The van der Waals surface area contributed by atoms with Gasteiger partial charge in [-0.25, -0.2) is 0 Å². The van der Waals surface area contributed by atoms with E-state index in [1.807, 2.05) is 0 Å². The highest BCUT2D eigenvalue weighted by Crippen LogP contribution is 2.29. The molecule has 6 heteroatoms. The second-order valence-corrected chi connectivity index (χ2v) is 4.01. The van der Waals surface area contributed by atoms with Crippen LogP contribution in [0.2, 0.25) is 0 Å². The van der Waals surface area contributed by atoms with E-state index >= 15 is 0 Å². The number of nitro groups is 1. The average Bonchev–Trinajstić information content (AvgIpc) is 2.39. The Bertz CT molecular complexity index is 410. The maximum absolute atomic E-state index is 10.8. The number of anilines is 1. The highest BCUT2D eigenvalue weighted by atomic mass is 16.6. The molecule has 0 bridgehead atoms. The Kier molecular flexibility index (Phi) is 6.67. The second kappa shape index (κ2) is 8.31. The normalized spacial score (nSPS) is 10.2. The molecule has 0 unspecified atom stereocenters. The van der Waals surface area contributed by atoms with Crippen LogP contribution in [0.15, 0.2) is 18.2 Å². The van der Waals surface area contributed by atoms with E-state index in [1.54, 1.807) is 19.1 Å². The first-order valence-electron chi connectivity index (χ1n) is 6.54. The van der Waals surface area contributed by atoms with Crippen LogP contribution < -0.4 is 15.4 Å². The molecular weight excluding hydrogens is 246 g/mol. The van der Waals surface area contributed by atoms with Gasteiger partial charge in [0.05, 0.1) is 11.5 Å². The SMILES string of the molecule is CCNCCCNc1ccc([N+](=O)[O-])c(OCC)c1. The molecule has 0 aliphatic rings. The van der Waals surface area contributed by atoms with Crippen molar-refractivity contribution < 1.29 is 9.66 Å². The first kappa shape index (κ1) is 15.2. The Morgan fingerprint density at radius 3 is 2.74 bits per heavy atom. The van der Waals surface area contributed by atoms with Gasteiger partial charge < -0.3 is 15.4 Å². The number of nitrogens with zero attached hydrogens (tertiary/aromatic N) is 1. The van der Waals surface area contributed by atoms with Crippen LogP contribution in [0.4, 0.5) is 11.4 Å². The Labute approximate surface area is 113 Å². The second-order valence-electron chi connectivity index (χ2n) is 4.01. The molecule has 0 aliphatic carbocycles. The first-order valence-corrected chi connectivity index (χ1v) is 6.54. The summed E-state index contributed by atoms with van der Waals surface area (Å²) in [5.41, 5.74) is 0.839. The van der Waals surface area contributed by atoms with E-state index < -0.39 is 4.92 Å². The van der Waals surface area contributed by atoms with Crippen molar-refractivity contribution in [3.63, 3.8) is 0 Å². The lowest BCUT2D eigenvalue weighted by molar-refractivity contribution is -0.385. The summed E-state index contributed by atoms with van der Waals surface area (Å²) in [5, 5.41) is 17.3. The molecule has 1 rings (SSSR count). The molecule has 0 radical (unpaired) electrons. The molecule has 0 saturated carbocycles. The van der Waals surface area contributed by atoms with Crippen LogP contribution in [0.5, 0.6) is 5.75 Å². The standard InChI is InChI=1S/C13H21N3O3/c1-3-14-8-5-9-15-11-6-7-12(16(17)18)13(10-11)19-4-2/h6-7,10,14-15H,3-5,8-9H2,1-2H3. The molecule has 19 heavy (non-hydrogen) atoms. The third-order valence-electron chi connectivity index (χ3n) is 2.57. The molecule has 0 spiro atoms. The fraction of sp³-hybridized carbons (Fsp3) is 0.538. The van der Waals surface area contributed by atoms with Crippen molar-refractivity contribution in [3.05, 3.63) is 28.3 Å². The summed E-state index contributed by atoms with van der Waals surface area (Å²) in [4.78, 5) is 10.4. The van der Waals surface area contributed by atoms with E-state index in [0.29, 0.717) is 12.4 Å². The predicted octanol–water partition coefficient (Wildman–Crippen LogP) is 2.41. The van der Waals surface area contributed by atoms with Crippen molar-refractivity contribution in [1.82, 2.24) is 5.32 Å². The summed E-state index contributed by atoms with van der Waals surface area (Å²) >= 11 is 0. The third kappa shape index (κ3) is 5.13. The summed E-state index contributed by atoms with van der Waals surface area (Å²) in [6, 6.07) is 4.85. The monoisotopic (exact) mass is 267 g/mol. The summed E-state index contributed by atoms with van der Waals surface area (Å²) in [6.07, 6.45) is 0.995. The van der Waals surface area contributed by atoms with E-state index in [0.717, 1.165) is 31.7 Å². The molecule has 1 aromatic carbocycles. The minimum Gasteiger partial charge on any atom is -0.487 e. The van der Waals surface area contributed by atoms with E-state index in [-0.39, 0.29) is 5.69 Å². The molecule has 2 N–H and O–H groups in total.